The van der Waals surface area contributed by atoms with Crippen molar-refractivity contribution in [1.82, 2.24) is 0 Å². The predicted molar refractivity (Wildman–Crippen MR) is 56.5 cm³/mol. The van der Waals surface area contributed by atoms with Crippen LogP contribution in [0.4, 0.5) is 0 Å². The van der Waals surface area contributed by atoms with E-state index in [0.29, 0.717) is 0 Å². The molecule has 0 heterocycles. The molecule has 86 valence electrons. The van der Waals surface area contributed by atoms with E-state index in [2.05, 4.69) is 0 Å². The van der Waals surface area contributed by atoms with E-state index in [-0.39, 0.29) is 6.42 Å². The maximum absolute atomic E-state index is 11.0. The minimum atomic E-state index is -1.77. The molecule has 16 heavy (non-hydrogen) atoms. The lowest BCUT2D eigenvalue weighted by Crippen LogP contribution is -2.39. The van der Waals surface area contributed by atoms with Gasteiger partial charge in [-0.05, 0) is 12.0 Å². The van der Waals surface area contributed by atoms with E-state index in [9.17, 15) is 14.7 Å². The first kappa shape index (κ1) is 12.2. The summed E-state index contributed by atoms with van der Waals surface area (Å²) in [6.07, 6.45) is -1.65. The SMILES string of the molecule is NC(=O)C(Cc1ccccc1)C(O)C(=O)O. The predicted octanol–water partition coefficient (Wildman–Crippen LogP) is -0.224. The molecule has 0 radical (unpaired) electrons. The van der Waals surface area contributed by atoms with E-state index in [4.69, 9.17) is 10.8 Å². The van der Waals surface area contributed by atoms with Crippen molar-refractivity contribution in [2.45, 2.75) is 12.5 Å². The van der Waals surface area contributed by atoms with Crippen molar-refractivity contribution in [1.29, 1.82) is 0 Å². The number of hydrogen-bond donors (Lipinski definition) is 3. The zero-order valence-corrected chi connectivity index (χ0v) is 8.54. The fourth-order valence-corrected chi connectivity index (χ4v) is 1.41. The second kappa shape index (κ2) is 5.27. The van der Waals surface area contributed by atoms with Gasteiger partial charge in [0.2, 0.25) is 5.91 Å². The van der Waals surface area contributed by atoms with E-state index in [1.54, 1.807) is 30.3 Å². The Morgan fingerprint density at radius 2 is 1.81 bits per heavy atom. The third-order valence-electron chi connectivity index (χ3n) is 2.30. The number of primary amides is 1. The Morgan fingerprint density at radius 1 is 1.25 bits per heavy atom. The van der Waals surface area contributed by atoms with Crippen LogP contribution in [0.15, 0.2) is 30.3 Å². The van der Waals surface area contributed by atoms with E-state index < -0.39 is 23.9 Å². The number of aliphatic hydroxyl groups excluding tert-OH is 1. The summed E-state index contributed by atoms with van der Waals surface area (Å²) in [6, 6.07) is 8.81. The van der Waals surface area contributed by atoms with Crippen molar-refractivity contribution in [3.05, 3.63) is 35.9 Å². The van der Waals surface area contributed by atoms with Gasteiger partial charge in [-0.15, -0.1) is 0 Å². The maximum atomic E-state index is 11.0. The first-order valence-corrected chi connectivity index (χ1v) is 4.76. The Hall–Kier alpha value is -1.88. The molecule has 5 heteroatoms. The lowest BCUT2D eigenvalue weighted by Gasteiger charge is -2.16. The van der Waals surface area contributed by atoms with Crippen LogP contribution in [0.1, 0.15) is 5.56 Å². The summed E-state index contributed by atoms with van der Waals surface area (Å²) in [5, 5.41) is 17.9. The molecule has 1 aromatic rings. The van der Waals surface area contributed by atoms with Crippen LogP contribution in [0.3, 0.4) is 0 Å². The quantitative estimate of drug-likeness (QED) is 0.642. The largest absolute Gasteiger partial charge is 0.479 e. The molecule has 0 saturated carbocycles. The number of nitrogens with two attached hydrogens (primary N) is 1. The lowest BCUT2D eigenvalue weighted by molar-refractivity contribution is -0.152. The Morgan fingerprint density at radius 3 is 2.25 bits per heavy atom. The molecule has 1 amide bonds. The normalized spacial score (nSPS) is 14.1. The van der Waals surface area contributed by atoms with E-state index in [1.165, 1.54) is 0 Å². The second-order valence-corrected chi connectivity index (χ2v) is 3.48. The molecule has 1 rings (SSSR count). The van der Waals surface area contributed by atoms with Gasteiger partial charge in [-0.25, -0.2) is 4.79 Å². The molecule has 4 N–H and O–H groups in total. The molecular formula is C11H13NO4. The van der Waals surface area contributed by atoms with Gasteiger partial charge < -0.3 is 15.9 Å². The summed E-state index contributed by atoms with van der Waals surface area (Å²) in [4.78, 5) is 21.6. The molecule has 5 nitrogen and oxygen atoms in total. The number of rotatable bonds is 5. The zero-order chi connectivity index (χ0) is 12.1. The first-order chi connectivity index (χ1) is 7.52. The van der Waals surface area contributed by atoms with Gasteiger partial charge in [0.15, 0.2) is 6.10 Å². The minimum absolute atomic E-state index is 0.115. The molecule has 0 aliphatic carbocycles. The van der Waals surface area contributed by atoms with Gasteiger partial charge in [0.25, 0.3) is 0 Å². The summed E-state index contributed by atoms with van der Waals surface area (Å²) in [6.45, 7) is 0. The number of hydrogen-bond acceptors (Lipinski definition) is 3. The van der Waals surface area contributed by atoms with E-state index >= 15 is 0 Å². The third kappa shape index (κ3) is 3.06. The van der Waals surface area contributed by atoms with Gasteiger partial charge in [-0.3, -0.25) is 4.79 Å². The van der Waals surface area contributed by atoms with Crippen LogP contribution in [0.25, 0.3) is 0 Å². The smallest absolute Gasteiger partial charge is 0.333 e. The van der Waals surface area contributed by atoms with E-state index in [0.717, 1.165) is 5.56 Å². The summed E-state index contributed by atoms with van der Waals surface area (Å²) in [5.41, 5.74) is 5.82. The standard InChI is InChI=1S/C11H13NO4/c12-10(14)8(9(13)11(15)16)6-7-4-2-1-3-5-7/h1-5,8-9,13H,6H2,(H2,12,14)(H,15,16). The van der Waals surface area contributed by atoms with Crippen molar-refractivity contribution in [2.24, 2.45) is 11.7 Å². The molecule has 0 saturated heterocycles. The Bertz CT molecular complexity index is 377. The molecule has 0 spiro atoms. The number of amides is 1. The molecule has 2 atom stereocenters. The average molecular weight is 223 g/mol. The fourth-order valence-electron chi connectivity index (χ4n) is 1.41. The highest BCUT2D eigenvalue weighted by Crippen LogP contribution is 2.12. The number of carbonyl (C=O) groups is 2. The monoisotopic (exact) mass is 223 g/mol. The van der Waals surface area contributed by atoms with Gasteiger partial charge in [-0.2, -0.15) is 0 Å². The summed E-state index contributed by atoms with van der Waals surface area (Å²) < 4.78 is 0. The third-order valence-corrected chi connectivity index (χ3v) is 2.30. The van der Waals surface area contributed by atoms with Gasteiger partial charge in [-0.1, -0.05) is 30.3 Å². The molecule has 0 fully saturated rings. The molecule has 2 unspecified atom stereocenters. The van der Waals surface area contributed by atoms with Crippen LogP contribution in [0.5, 0.6) is 0 Å². The van der Waals surface area contributed by atoms with Gasteiger partial charge in [0, 0.05) is 0 Å². The Balaban J connectivity index is 2.81. The molecule has 0 aliphatic heterocycles. The summed E-state index contributed by atoms with van der Waals surface area (Å²) in [5.74, 6) is -3.38. The van der Waals surface area contributed by atoms with Crippen LogP contribution in [0, 0.1) is 5.92 Å². The van der Waals surface area contributed by atoms with Crippen LogP contribution >= 0.6 is 0 Å². The fraction of sp³-hybridized carbons (Fsp3) is 0.273. The maximum Gasteiger partial charge on any atom is 0.333 e. The molecule has 0 bridgehead atoms. The molecule has 1 aromatic carbocycles. The van der Waals surface area contributed by atoms with Crippen molar-refractivity contribution in [3.63, 3.8) is 0 Å². The van der Waals surface area contributed by atoms with Crippen LogP contribution in [-0.2, 0) is 16.0 Å². The first-order valence-electron chi connectivity index (χ1n) is 4.76. The van der Waals surface area contributed by atoms with Crippen LogP contribution in [-0.4, -0.2) is 28.2 Å². The molecule has 0 aliphatic rings. The van der Waals surface area contributed by atoms with Crippen LogP contribution in [0.2, 0.25) is 0 Å². The highest BCUT2D eigenvalue weighted by Gasteiger charge is 2.30. The second-order valence-electron chi connectivity index (χ2n) is 3.48. The average Bonchev–Trinajstić information content (AvgIpc) is 2.26. The number of benzene rings is 1. The van der Waals surface area contributed by atoms with Gasteiger partial charge >= 0.3 is 5.97 Å². The van der Waals surface area contributed by atoms with Gasteiger partial charge in [0.05, 0.1) is 5.92 Å². The van der Waals surface area contributed by atoms with E-state index in [1.807, 2.05) is 0 Å². The molecular weight excluding hydrogens is 210 g/mol. The number of carbonyl (C=O) groups excluding carboxylic acids is 1. The number of carboxylic acids is 1. The zero-order valence-electron chi connectivity index (χ0n) is 8.54. The lowest BCUT2D eigenvalue weighted by atomic mass is 9.93. The topological polar surface area (TPSA) is 101 Å². The van der Waals surface area contributed by atoms with Crippen molar-refractivity contribution < 1.29 is 19.8 Å². The number of carboxylic acid groups (broad SMARTS) is 1. The van der Waals surface area contributed by atoms with Gasteiger partial charge in [0.1, 0.15) is 0 Å². The van der Waals surface area contributed by atoms with Crippen molar-refractivity contribution in [3.8, 4) is 0 Å². The number of aliphatic carboxylic acids is 1. The highest BCUT2D eigenvalue weighted by molar-refractivity contribution is 5.85. The highest BCUT2D eigenvalue weighted by atomic mass is 16.4. The Labute approximate surface area is 92.5 Å². The summed E-state index contributed by atoms with van der Waals surface area (Å²) >= 11 is 0. The molecule has 0 aromatic heterocycles. The van der Waals surface area contributed by atoms with Crippen molar-refractivity contribution >= 4 is 11.9 Å². The number of aliphatic hydroxyl groups is 1. The van der Waals surface area contributed by atoms with Crippen molar-refractivity contribution in [2.75, 3.05) is 0 Å². The van der Waals surface area contributed by atoms with Crippen LogP contribution < -0.4 is 5.73 Å². The summed E-state index contributed by atoms with van der Waals surface area (Å²) in [7, 11) is 0. The Kier molecular flexibility index (Phi) is 4.02. The minimum Gasteiger partial charge on any atom is -0.479 e.